The summed E-state index contributed by atoms with van der Waals surface area (Å²) in [6, 6.07) is 1.58. The molecule has 0 spiro atoms. The van der Waals surface area contributed by atoms with Crippen molar-refractivity contribution in [1.82, 2.24) is 5.32 Å². The van der Waals surface area contributed by atoms with Crippen molar-refractivity contribution in [1.29, 1.82) is 0 Å². The van der Waals surface area contributed by atoms with Gasteiger partial charge in [0.2, 0.25) is 0 Å². The predicted molar refractivity (Wildman–Crippen MR) is 63.9 cm³/mol. The Kier molecular flexibility index (Phi) is 4.20. The number of carbonyl (C=O) groups is 1. The molecule has 1 aliphatic carbocycles. The first-order valence-electron chi connectivity index (χ1n) is 6.27. The van der Waals surface area contributed by atoms with Gasteiger partial charge in [-0.1, -0.05) is 19.3 Å². The first kappa shape index (κ1) is 12.2. The lowest BCUT2D eigenvalue weighted by Gasteiger charge is -2.21. The summed E-state index contributed by atoms with van der Waals surface area (Å²) in [5.41, 5.74) is 0.222. The van der Waals surface area contributed by atoms with Crippen LogP contribution in [-0.4, -0.2) is 17.6 Å². The highest BCUT2D eigenvalue weighted by Crippen LogP contribution is 2.22. The average Bonchev–Trinajstić information content (AvgIpc) is 2.79. The summed E-state index contributed by atoms with van der Waals surface area (Å²) in [6.45, 7) is 1.62. The third-order valence-corrected chi connectivity index (χ3v) is 3.36. The lowest BCUT2D eigenvalue weighted by molar-refractivity contribution is 0.0696. The highest BCUT2D eigenvalue weighted by Gasteiger charge is 2.13. The van der Waals surface area contributed by atoms with Gasteiger partial charge in [-0.3, -0.25) is 0 Å². The van der Waals surface area contributed by atoms with Gasteiger partial charge in [-0.05, 0) is 31.4 Å². The van der Waals surface area contributed by atoms with E-state index in [2.05, 4.69) is 5.32 Å². The minimum absolute atomic E-state index is 0.222. The number of carboxylic acid groups (broad SMARTS) is 1. The summed E-state index contributed by atoms with van der Waals surface area (Å²) in [4.78, 5) is 10.7. The summed E-state index contributed by atoms with van der Waals surface area (Å²) in [5, 5.41) is 12.1. The van der Waals surface area contributed by atoms with E-state index in [0.29, 0.717) is 12.3 Å². The molecule has 4 heteroatoms. The van der Waals surface area contributed by atoms with E-state index in [1.54, 1.807) is 6.07 Å². The van der Waals surface area contributed by atoms with Crippen molar-refractivity contribution in [3.05, 3.63) is 23.7 Å². The summed E-state index contributed by atoms with van der Waals surface area (Å²) in [6.07, 6.45) is 7.97. The van der Waals surface area contributed by atoms with E-state index in [-0.39, 0.29) is 5.56 Å². The maximum absolute atomic E-state index is 10.7. The average molecular weight is 237 g/mol. The second-order valence-corrected chi connectivity index (χ2v) is 4.74. The molecule has 1 fully saturated rings. The monoisotopic (exact) mass is 237 g/mol. The fourth-order valence-electron chi connectivity index (χ4n) is 2.38. The van der Waals surface area contributed by atoms with Crippen LogP contribution in [-0.2, 0) is 6.54 Å². The molecule has 1 aromatic rings. The maximum atomic E-state index is 10.7. The van der Waals surface area contributed by atoms with Crippen LogP contribution in [0.4, 0.5) is 0 Å². The van der Waals surface area contributed by atoms with Crippen molar-refractivity contribution >= 4 is 5.97 Å². The highest BCUT2D eigenvalue weighted by atomic mass is 16.4. The fourth-order valence-corrected chi connectivity index (χ4v) is 2.38. The van der Waals surface area contributed by atoms with E-state index in [1.807, 2.05) is 0 Å². The summed E-state index contributed by atoms with van der Waals surface area (Å²) >= 11 is 0. The van der Waals surface area contributed by atoms with Gasteiger partial charge < -0.3 is 14.8 Å². The van der Waals surface area contributed by atoms with E-state index in [1.165, 1.54) is 38.4 Å². The molecular formula is C13H19NO3. The lowest BCUT2D eigenvalue weighted by atomic mass is 9.89. The van der Waals surface area contributed by atoms with E-state index >= 15 is 0 Å². The second kappa shape index (κ2) is 5.87. The largest absolute Gasteiger partial charge is 0.478 e. The molecule has 2 N–H and O–H groups in total. The number of furan rings is 1. The third-order valence-electron chi connectivity index (χ3n) is 3.36. The van der Waals surface area contributed by atoms with E-state index in [4.69, 9.17) is 9.52 Å². The van der Waals surface area contributed by atoms with E-state index < -0.39 is 5.97 Å². The van der Waals surface area contributed by atoms with Gasteiger partial charge in [-0.2, -0.15) is 0 Å². The predicted octanol–water partition coefficient (Wildman–Crippen LogP) is 2.65. The Morgan fingerprint density at radius 1 is 1.41 bits per heavy atom. The van der Waals surface area contributed by atoms with Crippen LogP contribution in [0.1, 0.15) is 48.2 Å². The van der Waals surface area contributed by atoms with Crippen LogP contribution < -0.4 is 5.32 Å². The number of hydrogen-bond donors (Lipinski definition) is 2. The molecule has 4 nitrogen and oxygen atoms in total. The molecule has 0 atom stereocenters. The zero-order valence-corrected chi connectivity index (χ0v) is 9.95. The van der Waals surface area contributed by atoms with Crippen LogP contribution in [0.15, 0.2) is 16.7 Å². The SMILES string of the molecule is O=C(O)c1coc(CNCC2CCCCC2)c1. The fraction of sp³-hybridized carbons (Fsp3) is 0.615. The van der Waals surface area contributed by atoms with Gasteiger partial charge in [0.15, 0.2) is 0 Å². The highest BCUT2D eigenvalue weighted by molar-refractivity contribution is 5.87. The number of nitrogens with one attached hydrogen (secondary N) is 1. The van der Waals surface area contributed by atoms with Crippen LogP contribution in [0, 0.1) is 5.92 Å². The van der Waals surface area contributed by atoms with Crippen LogP contribution >= 0.6 is 0 Å². The van der Waals surface area contributed by atoms with Crippen molar-refractivity contribution < 1.29 is 14.3 Å². The molecule has 2 rings (SSSR count). The van der Waals surface area contributed by atoms with Gasteiger partial charge in [0.05, 0.1) is 12.1 Å². The summed E-state index contributed by atoms with van der Waals surface area (Å²) in [5.74, 6) is 0.531. The number of aromatic carboxylic acids is 1. The van der Waals surface area contributed by atoms with Gasteiger partial charge >= 0.3 is 5.97 Å². The number of carboxylic acids is 1. The van der Waals surface area contributed by atoms with Gasteiger partial charge in [0, 0.05) is 0 Å². The maximum Gasteiger partial charge on any atom is 0.338 e. The van der Waals surface area contributed by atoms with Gasteiger partial charge in [0.25, 0.3) is 0 Å². The second-order valence-electron chi connectivity index (χ2n) is 4.74. The van der Waals surface area contributed by atoms with Crippen LogP contribution in [0.25, 0.3) is 0 Å². The molecule has 0 aliphatic heterocycles. The molecule has 94 valence electrons. The third kappa shape index (κ3) is 3.60. The Labute approximate surface area is 101 Å². The van der Waals surface area contributed by atoms with E-state index in [9.17, 15) is 4.79 Å². The Morgan fingerprint density at radius 3 is 2.82 bits per heavy atom. The Hall–Kier alpha value is -1.29. The molecule has 0 aromatic carbocycles. The van der Waals surface area contributed by atoms with Crippen molar-refractivity contribution in [2.75, 3.05) is 6.54 Å². The van der Waals surface area contributed by atoms with Gasteiger partial charge in [-0.15, -0.1) is 0 Å². The number of rotatable bonds is 5. The molecule has 0 radical (unpaired) electrons. The molecule has 0 amide bonds. The van der Waals surface area contributed by atoms with Gasteiger partial charge in [0.1, 0.15) is 12.0 Å². The molecule has 17 heavy (non-hydrogen) atoms. The Balaban J connectivity index is 1.71. The van der Waals surface area contributed by atoms with Crippen LogP contribution in [0.2, 0.25) is 0 Å². The van der Waals surface area contributed by atoms with Crippen molar-refractivity contribution in [3.63, 3.8) is 0 Å². The smallest absolute Gasteiger partial charge is 0.338 e. The molecule has 1 aliphatic rings. The molecule has 0 unspecified atom stereocenters. The lowest BCUT2D eigenvalue weighted by Crippen LogP contribution is -2.23. The minimum Gasteiger partial charge on any atom is -0.478 e. The molecule has 0 saturated heterocycles. The van der Waals surface area contributed by atoms with Crippen molar-refractivity contribution in [2.24, 2.45) is 5.92 Å². The number of hydrogen-bond acceptors (Lipinski definition) is 3. The van der Waals surface area contributed by atoms with Crippen LogP contribution in [0.5, 0.6) is 0 Å². The Morgan fingerprint density at radius 2 is 2.18 bits per heavy atom. The quantitative estimate of drug-likeness (QED) is 0.826. The Bertz CT molecular complexity index is 366. The molecule has 0 bridgehead atoms. The molecule has 1 saturated carbocycles. The van der Waals surface area contributed by atoms with Crippen LogP contribution in [0.3, 0.4) is 0 Å². The molecule has 1 aromatic heterocycles. The van der Waals surface area contributed by atoms with Crippen molar-refractivity contribution in [3.8, 4) is 0 Å². The summed E-state index contributed by atoms with van der Waals surface area (Å²) in [7, 11) is 0. The standard InChI is InChI=1S/C13H19NO3/c15-13(16)11-6-12(17-9-11)8-14-7-10-4-2-1-3-5-10/h6,9-10,14H,1-5,7-8H2,(H,15,16). The first-order chi connectivity index (χ1) is 8.25. The minimum atomic E-state index is -0.938. The van der Waals surface area contributed by atoms with Crippen molar-refractivity contribution in [2.45, 2.75) is 38.6 Å². The van der Waals surface area contributed by atoms with E-state index in [0.717, 1.165) is 12.5 Å². The normalized spacial score (nSPS) is 17.2. The topological polar surface area (TPSA) is 62.5 Å². The van der Waals surface area contributed by atoms with Gasteiger partial charge in [-0.25, -0.2) is 4.79 Å². The molecular weight excluding hydrogens is 218 g/mol. The summed E-state index contributed by atoms with van der Waals surface area (Å²) < 4.78 is 5.17. The molecule has 1 heterocycles. The first-order valence-corrected chi connectivity index (χ1v) is 6.27. The zero-order chi connectivity index (χ0) is 12.1. The zero-order valence-electron chi connectivity index (χ0n) is 9.95.